The first-order valence-electron chi connectivity index (χ1n) is 9.59. The molecule has 158 valence electrons. The molecule has 2 aromatic carbocycles. The maximum absolute atomic E-state index is 12.7. The van der Waals surface area contributed by atoms with Gasteiger partial charge in [0, 0.05) is 18.2 Å². The Balaban J connectivity index is 1.55. The van der Waals surface area contributed by atoms with E-state index in [4.69, 9.17) is 13.9 Å². The standard InChI is InChI=1S/C24H21NO6/c1-25-19-7-5-4-6-17(19)18(23(25)26)12-15-8-10-20(22(13-15)28-2)30-14-16-9-11-21(31-16)24(27)29-3/h4-13H,14H2,1-3H3/b18-12-. The third-order valence-electron chi connectivity index (χ3n) is 5.01. The number of ether oxygens (including phenoxy) is 3. The van der Waals surface area contributed by atoms with Gasteiger partial charge in [0.25, 0.3) is 5.91 Å². The number of hydrogen-bond donors (Lipinski definition) is 0. The molecule has 0 atom stereocenters. The van der Waals surface area contributed by atoms with Gasteiger partial charge in [0.15, 0.2) is 11.5 Å². The third kappa shape index (κ3) is 3.90. The van der Waals surface area contributed by atoms with E-state index in [1.165, 1.54) is 13.2 Å². The van der Waals surface area contributed by atoms with Gasteiger partial charge < -0.3 is 23.5 Å². The summed E-state index contributed by atoms with van der Waals surface area (Å²) >= 11 is 0. The first-order chi connectivity index (χ1) is 15.0. The van der Waals surface area contributed by atoms with Crippen LogP contribution in [0.15, 0.2) is 59.0 Å². The zero-order valence-corrected chi connectivity index (χ0v) is 17.4. The first kappa shape index (κ1) is 20.3. The summed E-state index contributed by atoms with van der Waals surface area (Å²) in [5, 5.41) is 0. The molecule has 0 saturated carbocycles. The van der Waals surface area contributed by atoms with Crippen LogP contribution in [0.25, 0.3) is 11.6 Å². The zero-order valence-electron chi connectivity index (χ0n) is 17.4. The van der Waals surface area contributed by atoms with Crippen LogP contribution in [-0.4, -0.2) is 33.1 Å². The smallest absolute Gasteiger partial charge is 0.373 e. The van der Waals surface area contributed by atoms with Gasteiger partial charge in [0.05, 0.1) is 19.9 Å². The number of para-hydroxylation sites is 1. The minimum absolute atomic E-state index is 0.0558. The average molecular weight is 419 g/mol. The first-order valence-corrected chi connectivity index (χ1v) is 9.59. The predicted molar refractivity (Wildman–Crippen MR) is 115 cm³/mol. The van der Waals surface area contributed by atoms with Gasteiger partial charge in [-0.15, -0.1) is 0 Å². The van der Waals surface area contributed by atoms with Gasteiger partial charge in [0.2, 0.25) is 5.76 Å². The molecule has 31 heavy (non-hydrogen) atoms. The number of carbonyl (C=O) groups excluding carboxylic acids is 2. The fourth-order valence-electron chi connectivity index (χ4n) is 3.41. The number of hydrogen-bond acceptors (Lipinski definition) is 6. The number of methoxy groups -OCH3 is 2. The molecule has 4 rings (SSSR count). The second kappa shape index (κ2) is 8.39. The lowest BCUT2D eigenvalue weighted by atomic mass is 10.0. The van der Waals surface area contributed by atoms with Gasteiger partial charge in [0.1, 0.15) is 12.4 Å². The number of anilines is 1. The highest BCUT2D eigenvalue weighted by Gasteiger charge is 2.29. The molecule has 0 saturated heterocycles. The van der Waals surface area contributed by atoms with E-state index in [1.807, 2.05) is 36.4 Å². The summed E-state index contributed by atoms with van der Waals surface area (Å²) in [6, 6.07) is 16.3. The molecule has 1 aliphatic rings. The summed E-state index contributed by atoms with van der Waals surface area (Å²) < 4.78 is 21.3. The molecule has 1 aliphatic heterocycles. The summed E-state index contributed by atoms with van der Waals surface area (Å²) in [6.45, 7) is 0.116. The largest absolute Gasteiger partial charge is 0.493 e. The van der Waals surface area contributed by atoms with Gasteiger partial charge >= 0.3 is 5.97 Å². The van der Waals surface area contributed by atoms with Crippen molar-refractivity contribution in [2.45, 2.75) is 6.61 Å². The molecule has 7 nitrogen and oxygen atoms in total. The van der Waals surface area contributed by atoms with Crippen molar-refractivity contribution in [2.75, 3.05) is 26.2 Å². The van der Waals surface area contributed by atoms with Crippen molar-refractivity contribution in [3.8, 4) is 11.5 Å². The van der Waals surface area contributed by atoms with Gasteiger partial charge in [-0.3, -0.25) is 4.79 Å². The van der Waals surface area contributed by atoms with E-state index in [0.717, 1.165) is 16.8 Å². The lowest BCUT2D eigenvalue weighted by Crippen LogP contribution is -2.20. The van der Waals surface area contributed by atoms with Crippen LogP contribution < -0.4 is 14.4 Å². The van der Waals surface area contributed by atoms with Crippen LogP contribution in [0.1, 0.15) is 27.4 Å². The number of benzene rings is 2. The van der Waals surface area contributed by atoms with Crippen molar-refractivity contribution >= 4 is 29.2 Å². The Morgan fingerprint density at radius 1 is 1.06 bits per heavy atom. The highest BCUT2D eigenvalue weighted by molar-refractivity contribution is 6.35. The van der Waals surface area contributed by atoms with Crippen LogP contribution >= 0.6 is 0 Å². The van der Waals surface area contributed by atoms with Crippen LogP contribution in [-0.2, 0) is 16.1 Å². The molecule has 0 unspecified atom stereocenters. The number of furan rings is 1. The quantitative estimate of drug-likeness (QED) is 0.441. The molecule has 1 amide bonds. The van der Waals surface area contributed by atoms with E-state index < -0.39 is 5.97 Å². The molecule has 0 fully saturated rings. The number of carbonyl (C=O) groups is 2. The van der Waals surface area contributed by atoms with E-state index in [-0.39, 0.29) is 18.3 Å². The molecule has 3 aromatic rings. The van der Waals surface area contributed by atoms with Crippen LogP contribution in [0.4, 0.5) is 5.69 Å². The van der Waals surface area contributed by atoms with E-state index in [9.17, 15) is 9.59 Å². The molecular formula is C24H21NO6. The van der Waals surface area contributed by atoms with Crippen LogP contribution in [0.5, 0.6) is 11.5 Å². The number of fused-ring (bicyclic) bond motifs is 1. The van der Waals surface area contributed by atoms with Crippen molar-refractivity contribution in [1.82, 2.24) is 0 Å². The summed E-state index contributed by atoms with van der Waals surface area (Å²) in [5.41, 5.74) is 3.22. The van der Waals surface area contributed by atoms with Crippen molar-refractivity contribution in [3.63, 3.8) is 0 Å². The van der Waals surface area contributed by atoms with Crippen LogP contribution in [0.2, 0.25) is 0 Å². The third-order valence-corrected chi connectivity index (χ3v) is 5.01. The highest BCUT2D eigenvalue weighted by Crippen LogP contribution is 2.37. The maximum Gasteiger partial charge on any atom is 0.373 e. The van der Waals surface area contributed by atoms with Gasteiger partial charge in [-0.2, -0.15) is 0 Å². The molecule has 1 aromatic heterocycles. The molecule has 2 heterocycles. The van der Waals surface area contributed by atoms with Crippen LogP contribution in [0, 0.1) is 0 Å². The number of amides is 1. The van der Waals surface area contributed by atoms with E-state index >= 15 is 0 Å². The summed E-state index contributed by atoms with van der Waals surface area (Å²) in [6.07, 6.45) is 1.84. The van der Waals surface area contributed by atoms with Crippen molar-refractivity contribution < 1.29 is 28.2 Å². The molecule has 0 radical (unpaired) electrons. The Morgan fingerprint density at radius 2 is 1.87 bits per heavy atom. The van der Waals surface area contributed by atoms with E-state index in [1.54, 1.807) is 37.3 Å². The van der Waals surface area contributed by atoms with Crippen molar-refractivity contribution in [2.24, 2.45) is 0 Å². The number of nitrogens with zero attached hydrogens (tertiary/aromatic N) is 1. The Labute approximate surface area is 179 Å². The zero-order chi connectivity index (χ0) is 22.0. The Bertz CT molecular complexity index is 1180. The maximum atomic E-state index is 12.7. The normalized spacial score (nSPS) is 14.0. The van der Waals surface area contributed by atoms with Gasteiger partial charge in [-0.25, -0.2) is 4.79 Å². The fourth-order valence-corrected chi connectivity index (χ4v) is 3.41. The summed E-state index contributed by atoms with van der Waals surface area (Å²) in [5.74, 6) is 1.01. The Kier molecular flexibility index (Phi) is 5.49. The topological polar surface area (TPSA) is 78.2 Å². The summed E-state index contributed by atoms with van der Waals surface area (Å²) in [4.78, 5) is 25.8. The lowest BCUT2D eigenvalue weighted by Gasteiger charge is -2.11. The van der Waals surface area contributed by atoms with Gasteiger partial charge in [-0.1, -0.05) is 24.3 Å². The molecule has 0 spiro atoms. The highest BCUT2D eigenvalue weighted by atomic mass is 16.5. The molecular weight excluding hydrogens is 398 g/mol. The van der Waals surface area contributed by atoms with Crippen molar-refractivity contribution in [1.29, 1.82) is 0 Å². The monoisotopic (exact) mass is 419 g/mol. The minimum atomic E-state index is -0.546. The fraction of sp³-hybridized carbons (Fsp3) is 0.167. The molecule has 0 N–H and O–H groups in total. The second-order valence-electron chi connectivity index (χ2n) is 6.90. The second-order valence-corrected chi connectivity index (χ2v) is 6.90. The minimum Gasteiger partial charge on any atom is -0.493 e. The SMILES string of the molecule is COC(=O)c1ccc(COc2ccc(/C=C3\C(=O)N(C)c4ccccc43)cc2OC)o1. The van der Waals surface area contributed by atoms with Crippen LogP contribution in [0.3, 0.4) is 0 Å². The van der Waals surface area contributed by atoms with E-state index in [0.29, 0.717) is 22.8 Å². The molecule has 0 bridgehead atoms. The Hall–Kier alpha value is -4.00. The van der Waals surface area contributed by atoms with Crippen molar-refractivity contribution in [3.05, 3.63) is 77.2 Å². The molecule has 7 heteroatoms. The Morgan fingerprint density at radius 3 is 2.65 bits per heavy atom. The number of rotatable bonds is 6. The predicted octanol–water partition coefficient (Wildman–Crippen LogP) is 4.17. The number of esters is 1. The summed E-state index contributed by atoms with van der Waals surface area (Å²) in [7, 11) is 4.60. The number of likely N-dealkylation sites (N-methyl/N-ethyl adjacent to an activating group) is 1. The average Bonchev–Trinajstić information content (AvgIpc) is 3.37. The van der Waals surface area contributed by atoms with Gasteiger partial charge in [-0.05, 0) is 42.0 Å². The molecule has 0 aliphatic carbocycles. The lowest BCUT2D eigenvalue weighted by molar-refractivity contribution is -0.112. The van der Waals surface area contributed by atoms with E-state index in [2.05, 4.69) is 4.74 Å².